The molecule has 0 spiro atoms. The molecule has 7 heteroatoms. The second-order valence-corrected chi connectivity index (χ2v) is 6.13. The molecule has 2 aromatic carbocycles. The number of hydrogen-bond acceptors (Lipinski definition) is 3. The van der Waals surface area contributed by atoms with Crippen LogP contribution in [0.25, 0.3) is 0 Å². The first-order valence-corrected chi connectivity index (χ1v) is 8.38. The van der Waals surface area contributed by atoms with E-state index in [-0.39, 0.29) is 11.8 Å². The number of carbonyl (C=O) groups is 2. The van der Waals surface area contributed by atoms with E-state index in [1.54, 1.807) is 78.6 Å². The van der Waals surface area contributed by atoms with Crippen LogP contribution in [0.15, 0.2) is 67.0 Å². The summed E-state index contributed by atoms with van der Waals surface area (Å²) in [5.74, 6) is -0.479. The van der Waals surface area contributed by atoms with Crippen molar-refractivity contribution in [1.29, 1.82) is 0 Å². The predicted octanol–water partition coefficient (Wildman–Crippen LogP) is 3.99. The van der Waals surface area contributed by atoms with E-state index >= 15 is 0 Å². The Balaban J connectivity index is 1.68. The van der Waals surface area contributed by atoms with Crippen molar-refractivity contribution in [2.24, 2.45) is 0 Å². The zero-order valence-electron chi connectivity index (χ0n) is 14.0. The lowest BCUT2D eigenvalue weighted by Crippen LogP contribution is -2.24. The average molecular weight is 369 g/mol. The predicted molar refractivity (Wildman–Crippen MR) is 101 cm³/mol. The van der Waals surface area contributed by atoms with Crippen molar-refractivity contribution in [1.82, 2.24) is 9.78 Å². The maximum absolute atomic E-state index is 12.3. The van der Waals surface area contributed by atoms with Crippen LogP contribution in [0.1, 0.15) is 23.3 Å². The minimum atomic E-state index is -0.449. The fourth-order valence-electron chi connectivity index (χ4n) is 2.38. The molecule has 0 bridgehead atoms. The summed E-state index contributed by atoms with van der Waals surface area (Å²) in [6.07, 6.45) is 3.35. The molecule has 0 fully saturated rings. The van der Waals surface area contributed by atoms with Gasteiger partial charge >= 0.3 is 0 Å². The van der Waals surface area contributed by atoms with E-state index in [1.165, 1.54) is 0 Å². The number of carbonyl (C=O) groups excluding carboxylic acids is 2. The molecule has 0 aliphatic rings. The lowest BCUT2D eigenvalue weighted by molar-refractivity contribution is -0.119. The molecule has 3 rings (SSSR count). The van der Waals surface area contributed by atoms with Gasteiger partial charge in [-0.05, 0) is 49.4 Å². The van der Waals surface area contributed by atoms with Gasteiger partial charge in [0.2, 0.25) is 5.91 Å². The molecule has 0 aliphatic heterocycles. The van der Waals surface area contributed by atoms with Crippen LogP contribution in [0.5, 0.6) is 0 Å². The van der Waals surface area contributed by atoms with Crippen molar-refractivity contribution < 1.29 is 9.59 Å². The Morgan fingerprint density at radius 1 is 1.04 bits per heavy atom. The van der Waals surface area contributed by atoms with Gasteiger partial charge in [-0.1, -0.05) is 23.7 Å². The second-order valence-electron chi connectivity index (χ2n) is 5.70. The van der Waals surface area contributed by atoms with Crippen LogP contribution in [0.2, 0.25) is 5.02 Å². The Morgan fingerprint density at radius 3 is 2.46 bits per heavy atom. The van der Waals surface area contributed by atoms with Crippen molar-refractivity contribution in [3.63, 3.8) is 0 Å². The number of rotatable bonds is 5. The highest BCUT2D eigenvalue weighted by molar-refractivity contribution is 6.31. The first kappa shape index (κ1) is 17.7. The van der Waals surface area contributed by atoms with Gasteiger partial charge in [0, 0.05) is 34.4 Å². The smallest absolute Gasteiger partial charge is 0.255 e. The summed E-state index contributed by atoms with van der Waals surface area (Å²) in [4.78, 5) is 24.6. The zero-order valence-corrected chi connectivity index (χ0v) is 14.8. The first-order valence-electron chi connectivity index (χ1n) is 8.00. The van der Waals surface area contributed by atoms with Gasteiger partial charge in [0.1, 0.15) is 6.04 Å². The average Bonchev–Trinajstić information content (AvgIpc) is 3.16. The monoisotopic (exact) mass is 368 g/mol. The minimum Gasteiger partial charge on any atom is -0.324 e. The van der Waals surface area contributed by atoms with Crippen molar-refractivity contribution in [3.8, 4) is 0 Å². The molecule has 2 N–H and O–H groups in total. The molecule has 1 atom stereocenters. The fraction of sp³-hybridized carbons (Fsp3) is 0.105. The summed E-state index contributed by atoms with van der Waals surface area (Å²) in [6, 6.07) is 14.9. The highest BCUT2D eigenvalue weighted by Crippen LogP contribution is 2.18. The van der Waals surface area contributed by atoms with E-state index in [4.69, 9.17) is 11.6 Å². The lowest BCUT2D eigenvalue weighted by Gasteiger charge is -2.13. The number of anilines is 2. The third-order valence-electron chi connectivity index (χ3n) is 3.78. The molecular formula is C19H17ClN4O2. The van der Waals surface area contributed by atoms with Crippen LogP contribution in [-0.4, -0.2) is 21.6 Å². The zero-order chi connectivity index (χ0) is 18.5. The van der Waals surface area contributed by atoms with E-state index in [9.17, 15) is 9.59 Å². The van der Waals surface area contributed by atoms with Gasteiger partial charge in [-0.3, -0.25) is 14.3 Å². The van der Waals surface area contributed by atoms with Crippen LogP contribution in [0, 0.1) is 0 Å². The van der Waals surface area contributed by atoms with Gasteiger partial charge < -0.3 is 10.6 Å². The molecule has 2 amide bonds. The Labute approximate surface area is 155 Å². The number of aromatic nitrogens is 2. The molecule has 26 heavy (non-hydrogen) atoms. The lowest BCUT2D eigenvalue weighted by atomic mass is 10.2. The number of hydrogen-bond donors (Lipinski definition) is 2. The van der Waals surface area contributed by atoms with Crippen molar-refractivity contribution >= 4 is 34.8 Å². The van der Waals surface area contributed by atoms with Crippen molar-refractivity contribution in [3.05, 3.63) is 77.6 Å². The van der Waals surface area contributed by atoms with E-state index in [2.05, 4.69) is 15.7 Å². The van der Waals surface area contributed by atoms with Crippen molar-refractivity contribution in [2.75, 3.05) is 10.6 Å². The summed E-state index contributed by atoms with van der Waals surface area (Å²) in [6.45, 7) is 1.76. The quantitative estimate of drug-likeness (QED) is 0.715. The maximum atomic E-state index is 12.3. The second kappa shape index (κ2) is 7.84. The number of halogens is 1. The molecular weight excluding hydrogens is 352 g/mol. The van der Waals surface area contributed by atoms with Crippen LogP contribution >= 0.6 is 11.6 Å². The van der Waals surface area contributed by atoms with E-state index in [0.29, 0.717) is 22.0 Å². The maximum Gasteiger partial charge on any atom is 0.255 e. The SMILES string of the molecule is C[C@@H](C(=O)Nc1cccc(NC(=O)c2cccc(Cl)c2)c1)n1cccn1. The molecule has 6 nitrogen and oxygen atoms in total. The normalized spacial score (nSPS) is 11.6. The first-order chi connectivity index (χ1) is 12.5. The number of nitrogens with zero attached hydrogens (tertiary/aromatic N) is 2. The summed E-state index contributed by atoms with van der Waals surface area (Å²) in [7, 11) is 0. The van der Waals surface area contributed by atoms with Gasteiger partial charge in [-0.25, -0.2) is 0 Å². The summed E-state index contributed by atoms with van der Waals surface area (Å²) < 4.78 is 1.57. The van der Waals surface area contributed by atoms with Gasteiger partial charge in [0.05, 0.1) is 0 Å². The van der Waals surface area contributed by atoms with Gasteiger partial charge in [-0.15, -0.1) is 0 Å². The number of nitrogens with one attached hydrogen (secondary N) is 2. The van der Waals surface area contributed by atoms with Gasteiger partial charge in [-0.2, -0.15) is 5.10 Å². The molecule has 0 saturated heterocycles. The van der Waals surface area contributed by atoms with Gasteiger partial charge in [0.15, 0.2) is 0 Å². The summed E-state index contributed by atoms with van der Waals surface area (Å²) >= 11 is 5.91. The Hall–Kier alpha value is -3.12. The third-order valence-corrected chi connectivity index (χ3v) is 4.01. The third kappa shape index (κ3) is 4.29. The standard InChI is InChI=1S/C19H17ClN4O2/c1-13(24-10-4-9-21-24)18(25)22-16-7-3-8-17(12-16)23-19(26)14-5-2-6-15(20)11-14/h2-13H,1H3,(H,22,25)(H,23,26)/t13-/m0/s1. The highest BCUT2D eigenvalue weighted by Gasteiger charge is 2.15. The Morgan fingerprint density at radius 2 is 1.77 bits per heavy atom. The molecule has 0 unspecified atom stereocenters. The van der Waals surface area contributed by atoms with Crippen LogP contribution in [0.3, 0.4) is 0 Å². The number of amides is 2. The highest BCUT2D eigenvalue weighted by atomic mass is 35.5. The topological polar surface area (TPSA) is 76.0 Å². The summed E-state index contributed by atoms with van der Waals surface area (Å²) in [5.41, 5.74) is 1.61. The largest absolute Gasteiger partial charge is 0.324 e. The minimum absolute atomic E-state index is 0.202. The van der Waals surface area contributed by atoms with Crippen molar-refractivity contribution in [2.45, 2.75) is 13.0 Å². The number of benzene rings is 2. The molecule has 1 aromatic heterocycles. The molecule has 0 radical (unpaired) electrons. The van der Waals surface area contributed by atoms with E-state index < -0.39 is 6.04 Å². The fourth-order valence-corrected chi connectivity index (χ4v) is 2.57. The molecule has 0 saturated carbocycles. The molecule has 0 aliphatic carbocycles. The van der Waals surface area contributed by atoms with E-state index in [0.717, 1.165) is 0 Å². The Kier molecular flexibility index (Phi) is 5.34. The van der Waals surface area contributed by atoms with Crippen LogP contribution < -0.4 is 10.6 Å². The molecule has 1 heterocycles. The Bertz CT molecular complexity index is 925. The molecule has 132 valence electrons. The van der Waals surface area contributed by atoms with E-state index in [1.807, 2.05) is 0 Å². The molecule has 3 aromatic rings. The summed E-state index contributed by atoms with van der Waals surface area (Å²) in [5, 5.41) is 10.2. The van der Waals surface area contributed by atoms with Gasteiger partial charge in [0.25, 0.3) is 5.91 Å². The van der Waals surface area contributed by atoms with Crippen LogP contribution in [-0.2, 0) is 4.79 Å². The van der Waals surface area contributed by atoms with Crippen LogP contribution in [0.4, 0.5) is 11.4 Å².